The zero-order valence-corrected chi connectivity index (χ0v) is 13.5. The van der Waals surface area contributed by atoms with Gasteiger partial charge < -0.3 is 5.32 Å². The molecule has 0 bridgehead atoms. The van der Waals surface area contributed by atoms with Crippen molar-refractivity contribution in [2.75, 3.05) is 5.75 Å². The summed E-state index contributed by atoms with van der Waals surface area (Å²) in [5.74, 6) is 0.508. The van der Waals surface area contributed by atoms with E-state index in [-0.39, 0.29) is 11.9 Å². The zero-order valence-electron chi connectivity index (χ0n) is 12.7. The van der Waals surface area contributed by atoms with Crippen LogP contribution in [0.5, 0.6) is 0 Å². The lowest BCUT2D eigenvalue weighted by Crippen LogP contribution is -2.28. The van der Waals surface area contributed by atoms with Crippen molar-refractivity contribution >= 4 is 17.7 Å². The standard InChI is InChI=1S/C18H21NOS/c1-13-9-10-16(11-14(13)2)15(3)19-18(20)12-21-17-7-5-4-6-8-17/h4-11,15H,12H2,1-3H3,(H,19,20)/t15-/m0/s1. The molecule has 0 fully saturated rings. The first-order valence-corrected chi connectivity index (χ1v) is 8.09. The van der Waals surface area contributed by atoms with Crippen molar-refractivity contribution in [1.29, 1.82) is 0 Å². The number of carbonyl (C=O) groups excluding carboxylic acids is 1. The summed E-state index contributed by atoms with van der Waals surface area (Å²) in [5.41, 5.74) is 3.68. The molecule has 0 aliphatic rings. The van der Waals surface area contributed by atoms with Gasteiger partial charge in [0.2, 0.25) is 5.91 Å². The third-order valence-electron chi connectivity index (χ3n) is 3.52. The highest BCUT2D eigenvalue weighted by atomic mass is 32.2. The minimum absolute atomic E-state index is 0.0353. The number of rotatable bonds is 5. The van der Waals surface area contributed by atoms with Gasteiger partial charge in [-0.3, -0.25) is 4.79 Å². The second kappa shape index (κ2) is 7.32. The summed E-state index contributed by atoms with van der Waals surface area (Å²) in [7, 11) is 0. The van der Waals surface area contributed by atoms with E-state index in [0.717, 1.165) is 10.5 Å². The Kier molecular flexibility index (Phi) is 5.45. The monoisotopic (exact) mass is 299 g/mol. The molecule has 1 amide bonds. The van der Waals surface area contributed by atoms with Gasteiger partial charge in [0.1, 0.15) is 0 Å². The lowest BCUT2D eigenvalue weighted by atomic mass is 10.0. The molecule has 1 N–H and O–H groups in total. The van der Waals surface area contributed by atoms with E-state index in [4.69, 9.17) is 0 Å². The van der Waals surface area contributed by atoms with E-state index in [0.29, 0.717) is 5.75 Å². The molecule has 1 atom stereocenters. The van der Waals surface area contributed by atoms with Crippen molar-refractivity contribution in [3.63, 3.8) is 0 Å². The number of thioether (sulfide) groups is 1. The van der Waals surface area contributed by atoms with Gasteiger partial charge in [0, 0.05) is 4.90 Å². The Labute approximate surface area is 131 Å². The van der Waals surface area contributed by atoms with Crippen LogP contribution < -0.4 is 5.32 Å². The fraction of sp³-hybridized carbons (Fsp3) is 0.278. The first kappa shape index (κ1) is 15.6. The van der Waals surface area contributed by atoms with E-state index in [9.17, 15) is 4.79 Å². The van der Waals surface area contributed by atoms with Gasteiger partial charge in [-0.1, -0.05) is 36.4 Å². The van der Waals surface area contributed by atoms with Gasteiger partial charge in [0.05, 0.1) is 11.8 Å². The van der Waals surface area contributed by atoms with Gasteiger partial charge in [0.15, 0.2) is 0 Å². The molecule has 0 aliphatic heterocycles. The Morgan fingerprint density at radius 2 is 1.81 bits per heavy atom. The van der Waals surface area contributed by atoms with Gasteiger partial charge in [-0.05, 0) is 49.6 Å². The molecule has 2 aromatic rings. The fourth-order valence-corrected chi connectivity index (χ4v) is 2.80. The maximum atomic E-state index is 12.0. The fourth-order valence-electron chi connectivity index (χ4n) is 2.07. The highest BCUT2D eigenvalue weighted by Gasteiger charge is 2.10. The van der Waals surface area contributed by atoms with Crippen LogP contribution in [0.2, 0.25) is 0 Å². The molecule has 0 unspecified atom stereocenters. The Bertz CT molecular complexity index is 610. The number of carbonyl (C=O) groups is 1. The average molecular weight is 299 g/mol. The number of aryl methyl sites for hydroxylation is 2. The van der Waals surface area contributed by atoms with Crippen LogP contribution in [0.15, 0.2) is 53.4 Å². The summed E-state index contributed by atoms with van der Waals surface area (Å²) in [6, 6.07) is 16.3. The molecule has 2 aromatic carbocycles. The maximum Gasteiger partial charge on any atom is 0.230 e. The van der Waals surface area contributed by atoms with Crippen molar-refractivity contribution in [2.45, 2.75) is 31.7 Å². The quantitative estimate of drug-likeness (QED) is 0.835. The molecule has 2 rings (SSSR count). The highest BCUT2D eigenvalue weighted by Crippen LogP contribution is 2.19. The van der Waals surface area contributed by atoms with Gasteiger partial charge >= 0.3 is 0 Å². The molecular weight excluding hydrogens is 278 g/mol. The van der Waals surface area contributed by atoms with Crippen LogP contribution in [0, 0.1) is 13.8 Å². The molecule has 0 spiro atoms. The smallest absolute Gasteiger partial charge is 0.230 e. The molecule has 3 heteroatoms. The summed E-state index contributed by atoms with van der Waals surface area (Å²) in [5, 5.41) is 3.05. The number of nitrogens with one attached hydrogen (secondary N) is 1. The van der Waals surface area contributed by atoms with Gasteiger partial charge in [-0.15, -0.1) is 11.8 Å². The Morgan fingerprint density at radius 3 is 2.48 bits per heavy atom. The van der Waals surface area contributed by atoms with Crippen molar-refractivity contribution in [2.24, 2.45) is 0 Å². The van der Waals surface area contributed by atoms with Crippen LogP contribution in [-0.4, -0.2) is 11.7 Å². The predicted molar refractivity (Wildman–Crippen MR) is 89.6 cm³/mol. The molecule has 110 valence electrons. The van der Waals surface area contributed by atoms with Crippen LogP contribution in [0.25, 0.3) is 0 Å². The minimum atomic E-state index is 0.0353. The average Bonchev–Trinajstić information content (AvgIpc) is 2.49. The van der Waals surface area contributed by atoms with Crippen LogP contribution in [0.1, 0.15) is 29.7 Å². The predicted octanol–water partition coefficient (Wildman–Crippen LogP) is 4.27. The van der Waals surface area contributed by atoms with Crippen molar-refractivity contribution in [1.82, 2.24) is 5.32 Å². The van der Waals surface area contributed by atoms with Crippen molar-refractivity contribution in [3.05, 3.63) is 65.2 Å². The van der Waals surface area contributed by atoms with E-state index >= 15 is 0 Å². The third kappa shape index (κ3) is 4.64. The molecule has 0 radical (unpaired) electrons. The molecular formula is C18H21NOS. The first-order chi connectivity index (χ1) is 10.1. The largest absolute Gasteiger partial charge is 0.349 e. The van der Waals surface area contributed by atoms with E-state index in [1.807, 2.05) is 37.3 Å². The normalized spacial score (nSPS) is 12.0. The zero-order chi connectivity index (χ0) is 15.2. The number of hydrogen-bond donors (Lipinski definition) is 1. The van der Waals surface area contributed by atoms with Gasteiger partial charge in [-0.2, -0.15) is 0 Å². The Balaban J connectivity index is 1.88. The minimum Gasteiger partial charge on any atom is -0.349 e. The van der Waals surface area contributed by atoms with Gasteiger partial charge in [0.25, 0.3) is 0 Å². The second-order valence-electron chi connectivity index (χ2n) is 5.23. The summed E-state index contributed by atoms with van der Waals surface area (Å²) in [4.78, 5) is 13.1. The van der Waals surface area contributed by atoms with Crippen molar-refractivity contribution in [3.8, 4) is 0 Å². The van der Waals surface area contributed by atoms with Gasteiger partial charge in [-0.25, -0.2) is 0 Å². The highest BCUT2D eigenvalue weighted by molar-refractivity contribution is 8.00. The Hall–Kier alpha value is -1.74. The number of amides is 1. The summed E-state index contributed by atoms with van der Waals surface area (Å²) in [6.07, 6.45) is 0. The van der Waals surface area contributed by atoms with Crippen LogP contribution in [-0.2, 0) is 4.79 Å². The Morgan fingerprint density at radius 1 is 1.10 bits per heavy atom. The topological polar surface area (TPSA) is 29.1 Å². The SMILES string of the molecule is Cc1ccc([C@H](C)NC(=O)CSc2ccccc2)cc1C. The van der Waals surface area contributed by atoms with E-state index in [1.54, 1.807) is 11.8 Å². The molecule has 0 aliphatic carbocycles. The first-order valence-electron chi connectivity index (χ1n) is 7.10. The second-order valence-corrected chi connectivity index (χ2v) is 6.28. The molecule has 0 saturated carbocycles. The molecule has 2 nitrogen and oxygen atoms in total. The number of hydrogen-bond acceptors (Lipinski definition) is 2. The van der Waals surface area contributed by atoms with E-state index < -0.39 is 0 Å². The van der Waals surface area contributed by atoms with E-state index in [1.165, 1.54) is 11.1 Å². The van der Waals surface area contributed by atoms with Crippen LogP contribution >= 0.6 is 11.8 Å². The summed E-state index contributed by atoms with van der Waals surface area (Å²) in [6.45, 7) is 6.21. The molecule has 0 heterocycles. The van der Waals surface area contributed by atoms with Crippen molar-refractivity contribution < 1.29 is 4.79 Å². The number of benzene rings is 2. The van der Waals surface area contributed by atoms with Crippen LogP contribution in [0.4, 0.5) is 0 Å². The molecule has 21 heavy (non-hydrogen) atoms. The summed E-state index contributed by atoms with van der Waals surface area (Å²) >= 11 is 1.56. The molecule has 0 saturated heterocycles. The third-order valence-corrected chi connectivity index (χ3v) is 4.53. The van der Waals surface area contributed by atoms with E-state index in [2.05, 4.69) is 37.4 Å². The molecule has 0 aromatic heterocycles. The summed E-state index contributed by atoms with van der Waals surface area (Å²) < 4.78 is 0. The van der Waals surface area contributed by atoms with Crippen LogP contribution in [0.3, 0.4) is 0 Å². The lowest BCUT2D eigenvalue weighted by Gasteiger charge is -2.15. The lowest BCUT2D eigenvalue weighted by molar-refractivity contribution is -0.119. The maximum absolute atomic E-state index is 12.0.